The molecule has 0 spiro atoms. The monoisotopic (exact) mass is 2430 g/mol. The number of amidine groups is 1. The van der Waals surface area contributed by atoms with E-state index in [4.69, 9.17) is 34.7 Å². The average molecular weight is 2430 g/mol. The summed E-state index contributed by atoms with van der Waals surface area (Å²) >= 11 is 37.1. The molecule has 5 aromatic carbocycles. The number of imidazole rings is 2. The third-order valence-corrected chi connectivity index (χ3v) is 13.6. The van der Waals surface area contributed by atoms with E-state index < -0.39 is 19.7 Å². The SMILES string of the molecule is CC(C)I.CCC.CCCI.CN1Cn2c1nc1cc(N)ccc12.CN1Cn2c1nc1cc([N+](=O)[O-])ccc12.CNCN.O=CNc1cc([N+](=O)[O-])ccc1Br.O=[N+]([O-])c1ccc(Br)c(N=C(Cl)Cl)c1.O=[N+]([O-])c1ccc(Br)c(NC2=NCC2)c1.[CH2-]C.[CH2-]C.[HH].[I][V]([I])[I].[I][V][I]. The van der Waals surface area contributed by atoms with Crippen LogP contribution in [0.15, 0.2) is 114 Å². The van der Waals surface area contributed by atoms with Crippen LogP contribution < -0.4 is 37.2 Å². The first-order valence-corrected chi connectivity index (χ1v) is 56.0. The van der Waals surface area contributed by atoms with Crippen LogP contribution in [0.1, 0.15) is 69.2 Å². The number of amides is 1. The van der Waals surface area contributed by atoms with Crippen molar-refractivity contribution in [2.24, 2.45) is 15.7 Å². The Balaban J connectivity index is -0.000000510. The van der Waals surface area contributed by atoms with E-state index in [1.54, 1.807) is 33.0 Å². The number of halogens is 12. The van der Waals surface area contributed by atoms with Crippen LogP contribution in [0.25, 0.3) is 22.1 Å². The summed E-state index contributed by atoms with van der Waals surface area (Å²) in [7, 11) is 6.41. The molecule has 0 saturated carbocycles. The number of hydrogen-bond acceptors (Lipinski definition) is 19. The molecule has 7 N–H and O–H groups in total. The van der Waals surface area contributed by atoms with Gasteiger partial charge in [0.15, 0.2) is 4.63 Å². The van der Waals surface area contributed by atoms with Crippen molar-refractivity contribution in [2.75, 3.05) is 65.0 Å². The number of nitrogens with zero attached hydrogens (tertiary/aromatic N) is 12. The number of aromatic nitrogens is 4. The number of nitrogen functional groups attached to an aromatic ring is 1. The fraction of sp³-hybridized carbons (Fsp3) is 0.339. The molecule has 0 aliphatic carbocycles. The van der Waals surface area contributed by atoms with E-state index in [2.05, 4.69) is 287 Å². The van der Waals surface area contributed by atoms with Crippen molar-refractivity contribution in [2.45, 2.75) is 85.0 Å². The molecule has 96 heavy (non-hydrogen) atoms. The van der Waals surface area contributed by atoms with E-state index in [9.17, 15) is 45.3 Å². The summed E-state index contributed by atoms with van der Waals surface area (Å²) in [5.74, 6) is 2.77. The van der Waals surface area contributed by atoms with Crippen molar-refractivity contribution >= 4 is 312 Å². The predicted octanol–water partition coefficient (Wildman–Crippen LogP) is 21.2. The molecule has 0 saturated heterocycles. The van der Waals surface area contributed by atoms with Crippen LogP contribution in [0, 0.1) is 54.3 Å². The Labute approximate surface area is 691 Å². The molecular weight excluding hydrogens is 2360 g/mol. The third kappa shape index (κ3) is 40.6. The number of benzene rings is 5. The van der Waals surface area contributed by atoms with E-state index in [1.807, 2.05) is 41.8 Å². The Bertz CT molecular complexity index is 3530. The average Bonchev–Trinajstić information content (AvgIpc) is 1.61. The zero-order chi connectivity index (χ0) is 74.4. The number of aliphatic imine (C=N–C) groups is 2. The quantitative estimate of drug-likeness (QED) is 0.00977. The summed E-state index contributed by atoms with van der Waals surface area (Å²) in [6.07, 6.45) is 3.92. The molecule has 40 heteroatoms. The molecule has 2 aromatic heterocycles. The van der Waals surface area contributed by atoms with Gasteiger partial charge in [0.05, 0.1) is 58.8 Å². The summed E-state index contributed by atoms with van der Waals surface area (Å²) in [5, 5.41) is 50.0. The number of anilines is 5. The molecule has 0 radical (unpaired) electrons. The number of alkyl halides is 2. The number of fused-ring (bicyclic) bond motifs is 6. The molecule has 0 unspecified atom stereocenters. The summed E-state index contributed by atoms with van der Waals surface area (Å²) in [6.45, 7) is 23.8. The molecule has 0 bridgehead atoms. The van der Waals surface area contributed by atoms with E-state index in [0.29, 0.717) is 54.1 Å². The number of nitrogens with two attached hydrogens (primary N) is 2. The number of nitrogens with one attached hydrogen (secondary N) is 3. The molecule has 0 atom stereocenters. The molecule has 26 nitrogen and oxygen atoms in total. The number of non-ortho nitro benzene ring substituents is 4. The van der Waals surface area contributed by atoms with Crippen molar-refractivity contribution in [3.05, 3.63) is 159 Å². The van der Waals surface area contributed by atoms with Crippen LogP contribution in [0.3, 0.4) is 0 Å². The zero-order valence-corrected chi connectivity index (χ0v) is 77.7. The van der Waals surface area contributed by atoms with Crippen LogP contribution in [0.5, 0.6) is 0 Å². The fourth-order valence-corrected chi connectivity index (χ4v) is 7.63. The first-order chi connectivity index (χ1) is 45.4. The van der Waals surface area contributed by atoms with Crippen molar-refractivity contribution in [1.29, 1.82) is 0 Å². The first kappa shape index (κ1) is 99.0. The summed E-state index contributed by atoms with van der Waals surface area (Å²) < 4.78 is 8.07. The van der Waals surface area contributed by atoms with Crippen molar-refractivity contribution < 1.29 is 40.3 Å². The Morgan fingerprint density at radius 3 is 1.43 bits per heavy atom. The summed E-state index contributed by atoms with van der Waals surface area (Å²) in [6, 6.07) is 23.5. The van der Waals surface area contributed by atoms with Gasteiger partial charge in [0, 0.05) is 107 Å². The van der Waals surface area contributed by atoms with Gasteiger partial charge >= 0.3 is 114 Å². The molecule has 5 heterocycles. The number of rotatable bonds is 10. The Hall–Kier alpha value is -1.13. The summed E-state index contributed by atoms with van der Waals surface area (Å²) in [4.78, 5) is 70.5. The molecular formula is C56H76Br3Cl2I7N17O9V2-2. The van der Waals surface area contributed by atoms with Gasteiger partial charge in [-0.1, -0.05) is 86.2 Å². The van der Waals surface area contributed by atoms with Gasteiger partial charge in [0.1, 0.15) is 19.2 Å². The van der Waals surface area contributed by atoms with Crippen LogP contribution in [-0.2, 0) is 32.5 Å². The Morgan fingerprint density at radius 1 is 0.740 bits per heavy atom. The van der Waals surface area contributed by atoms with Gasteiger partial charge in [-0.25, -0.2) is 15.0 Å². The third-order valence-electron chi connectivity index (χ3n) is 10.3. The number of carbonyl (C=O) groups is 1. The van der Waals surface area contributed by atoms with Gasteiger partial charge < -0.3 is 51.1 Å². The van der Waals surface area contributed by atoms with E-state index in [1.165, 1.54) is 83.4 Å². The van der Waals surface area contributed by atoms with Gasteiger partial charge in [-0.2, -0.15) is 13.8 Å². The van der Waals surface area contributed by atoms with Crippen LogP contribution in [0.4, 0.5) is 57.4 Å². The Kier molecular flexibility index (Phi) is 60.1. The number of nitro benzene ring substituents is 4. The van der Waals surface area contributed by atoms with Gasteiger partial charge in [-0.15, -0.1) is 0 Å². The first-order valence-electron chi connectivity index (χ1n) is 27.6. The van der Waals surface area contributed by atoms with E-state index in [-0.39, 0.29) is 33.7 Å². The van der Waals surface area contributed by atoms with Crippen molar-refractivity contribution in [3.8, 4) is 0 Å². The van der Waals surface area contributed by atoms with Gasteiger partial charge in [0.2, 0.25) is 18.3 Å². The van der Waals surface area contributed by atoms with Crippen LogP contribution in [0.2, 0.25) is 0 Å². The second kappa shape index (κ2) is 58.3. The second-order valence-corrected chi connectivity index (χ2v) is 72.0. The maximum absolute atomic E-state index is 10.6. The number of nitro groups is 4. The minimum atomic E-state index is -0.525. The molecule has 535 valence electrons. The fourth-order valence-electron chi connectivity index (χ4n) is 6.41. The molecule has 3 aliphatic rings. The predicted molar refractivity (Wildman–Crippen MR) is 465 cm³/mol. The molecule has 3 aliphatic heterocycles. The van der Waals surface area contributed by atoms with Gasteiger partial charge in [-0.3, -0.25) is 59.4 Å². The van der Waals surface area contributed by atoms with Crippen LogP contribution >= 0.6 is 216 Å². The topological polar surface area (TPSA) is 345 Å². The van der Waals surface area contributed by atoms with Gasteiger partial charge in [-0.05, 0) is 131 Å². The minimum absolute atomic E-state index is 0. The maximum atomic E-state index is 10.6. The van der Waals surface area contributed by atoms with E-state index >= 15 is 0 Å². The van der Waals surface area contributed by atoms with Crippen molar-refractivity contribution in [3.63, 3.8) is 0 Å². The molecule has 10 rings (SSSR count). The molecule has 1 amide bonds. The second-order valence-electron chi connectivity index (χ2n) is 17.8. The van der Waals surface area contributed by atoms with Crippen LogP contribution in [-0.4, -0.2) is 98.4 Å². The molecule has 0 fully saturated rings. The number of hydrogen-bond donors (Lipinski definition) is 5. The van der Waals surface area contributed by atoms with Gasteiger partial charge in [0.25, 0.3) is 22.7 Å². The molecule has 7 aromatic rings. The van der Waals surface area contributed by atoms with Crippen molar-refractivity contribution in [1.82, 2.24) is 24.4 Å². The standard InChI is InChI=1S/C9H8BrN3O2.C9H8N4O2.C9H10N4.C7H3BrCl2N2O2.C7H5BrN2O3.2C3H7I.C3H8.C2H8N2.2C2H5.5HI.2V.H2/c10-7-2-1-6(13(14)15)5-8(7)12-9-3-4-11-9;1-11-5-12-8-3-2-6(13(14)15)4-7(8)10-9(11)12;1-12-5-13-8-3-2-6(10)4-7(8)11-9(12)13;8-5-2-1-4(12(13)14)3-6(5)11-7(9)10;8-6-2-1-5(10(12)13)3-7(6)9-4-11;1-3(2)4;1-2-3-4;1-3-2;1-4-2-3;2*1-2;;;;;;;;/h1-2,5H,3-4H2,(H,11,12);2-4H,5H2,1H3;2-4H,5,10H2,1H3;1-3H;1-4H,(H,9,11);3H,1-2H3;2-3H2,1H3;3H2,1-2H3;4H,2-3H2,1H3;2*1H2,2H3;5*1H;;;1H/q;;;;;;;;;2*-1;;;;;;+2;+3;/p-5. The summed E-state index contributed by atoms with van der Waals surface area (Å²) in [5.41, 5.74) is 16.6. The zero-order valence-electron chi connectivity index (χ0n) is 53.5. The normalized spacial score (nSPS) is 10.8. The number of carbonyl (C=O) groups excluding carboxylic acids is 1. The van der Waals surface area contributed by atoms with E-state index in [0.717, 1.165) is 69.2 Å². The Morgan fingerprint density at radius 2 is 1.08 bits per heavy atom.